The van der Waals surface area contributed by atoms with Gasteiger partial charge in [-0.15, -0.1) is 0 Å². The SMILES string of the molecule is O=C(Nc1ccccc1)NC1CCN(Cc2ccc([N+](=O)[O-])cc2)CC1. The summed E-state index contributed by atoms with van der Waals surface area (Å²) in [4.78, 5) is 24.7. The third-order valence-electron chi connectivity index (χ3n) is 4.51. The van der Waals surface area contributed by atoms with Crippen molar-refractivity contribution in [2.75, 3.05) is 18.4 Å². The second-order valence-electron chi connectivity index (χ2n) is 6.44. The summed E-state index contributed by atoms with van der Waals surface area (Å²) < 4.78 is 0. The number of anilines is 1. The maximum atomic E-state index is 12.0. The highest BCUT2D eigenvalue weighted by atomic mass is 16.6. The van der Waals surface area contributed by atoms with Crippen LogP contribution in [-0.2, 0) is 6.54 Å². The second-order valence-corrected chi connectivity index (χ2v) is 6.44. The number of rotatable bonds is 5. The molecule has 1 heterocycles. The fourth-order valence-corrected chi connectivity index (χ4v) is 3.09. The number of nitro benzene ring substituents is 1. The zero-order valence-electron chi connectivity index (χ0n) is 14.4. The van der Waals surface area contributed by atoms with E-state index in [0.717, 1.165) is 43.7 Å². The van der Waals surface area contributed by atoms with E-state index in [-0.39, 0.29) is 22.7 Å². The van der Waals surface area contributed by atoms with Crippen LogP contribution in [0.3, 0.4) is 0 Å². The van der Waals surface area contributed by atoms with Gasteiger partial charge < -0.3 is 10.6 Å². The van der Waals surface area contributed by atoms with Gasteiger partial charge in [-0.05, 0) is 30.5 Å². The van der Waals surface area contributed by atoms with E-state index in [4.69, 9.17) is 0 Å². The summed E-state index contributed by atoms with van der Waals surface area (Å²) in [6, 6.07) is 16.0. The van der Waals surface area contributed by atoms with E-state index in [2.05, 4.69) is 15.5 Å². The summed E-state index contributed by atoms with van der Waals surface area (Å²) in [5.41, 5.74) is 1.95. The van der Waals surface area contributed by atoms with Crippen molar-refractivity contribution in [2.24, 2.45) is 0 Å². The fraction of sp³-hybridized carbons (Fsp3) is 0.316. The van der Waals surface area contributed by atoms with Crippen molar-refractivity contribution in [3.63, 3.8) is 0 Å². The summed E-state index contributed by atoms with van der Waals surface area (Å²) in [7, 11) is 0. The summed E-state index contributed by atoms with van der Waals surface area (Å²) in [5, 5.41) is 16.6. The molecule has 2 N–H and O–H groups in total. The molecule has 0 radical (unpaired) electrons. The zero-order valence-corrected chi connectivity index (χ0v) is 14.4. The molecule has 1 aliphatic rings. The Morgan fingerprint density at radius 2 is 1.73 bits per heavy atom. The number of piperidine rings is 1. The summed E-state index contributed by atoms with van der Waals surface area (Å²) in [6.45, 7) is 2.53. The van der Waals surface area contributed by atoms with Crippen LogP contribution in [0.5, 0.6) is 0 Å². The van der Waals surface area contributed by atoms with Crippen molar-refractivity contribution in [1.82, 2.24) is 10.2 Å². The van der Waals surface area contributed by atoms with Gasteiger partial charge in [-0.1, -0.05) is 30.3 Å². The lowest BCUT2D eigenvalue weighted by molar-refractivity contribution is -0.384. The number of urea groups is 1. The number of nitrogens with zero attached hydrogens (tertiary/aromatic N) is 2. The lowest BCUT2D eigenvalue weighted by Crippen LogP contribution is -2.45. The van der Waals surface area contributed by atoms with Gasteiger partial charge in [0.25, 0.3) is 5.69 Å². The highest BCUT2D eigenvalue weighted by molar-refractivity contribution is 5.89. The monoisotopic (exact) mass is 354 g/mol. The normalized spacial score (nSPS) is 15.4. The van der Waals surface area contributed by atoms with Gasteiger partial charge in [-0.25, -0.2) is 4.79 Å². The van der Waals surface area contributed by atoms with Crippen LogP contribution in [0.4, 0.5) is 16.2 Å². The van der Waals surface area contributed by atoms with Crippen LogP contribution >= 0.6 is 0 Å². The Bertz CT molecular complexity index is 741. The Morgan fingerprint density at radius 3 is 2.35 bits per heavy atom. The molecule has 2 aromatic carbocycles. The van der Waals surface area contributed by atoms with Crippen LogP contribution in [-0.4, -0.2) is 35.0 Å². The number of hydrogen-bond acceptors (Lipinski definition) is 4. The topological polar surface area (TPSA) is 87.5 Å². The zero-order chi connectivity index (χ0) is 18.4. The van der Waals surface area contributed by atoms with Gasteiger partial charge in [0.2, 0.25) is 0 Å². The van der Waals surface area contributed by atoms with Crippen molar-refractivity contribution in [2.45, 2.75) is 25.4 Å². The lowest BCUT2D eigenvalue weighted by atomic mass is 10.0. The first-order valence-electron chi connectivity index (χ1n) is 8.68. The maximum absolute atomic E-state index is 12.0. The Morgan fingerprint density at radius 1 is 1.08 bits per heavy atom. The van der Waals surface area contributed by atoms with E-state index in [9.17, 15) is 14.9 Å². The highest BCUT2D eigenvalue weighted by Gasteiger charge is 2.21. The van der Waals surface area contributed by atoms with Gasteiger partial charge in [0.05, 0.1) is 4.92 Å². The molecule has 1 aliphatic heterocycles. The number of nitrogens with one attached hydrogen (secondary N) is 2. The van der Waals surface area contributed by atoms with E-state index >= 15 is 0 Å². The first-order chi connectivity index (χ1) is 12.6. The summed E-state index contributed by atoms with van der Waals surface area (Å²) in [6.07, 6.45) is 1.77. The Hall–Kier alpha value is -2.93. The molecule has 7 nitrogen and oxygen atoms in total. The van der Waals surface area contributed by atoms with Crippen molar-refractivity contribution < 1.29 is 9.72 Å². The molecule has 0 unspecified atom stereocenters. The Balaban J connectivity index is 1.42. The molecule has 0 aromatic heterocycles. The quantitative estimate of drug-likeness (QED) is 0.636. The maximum Gasteiger partial charge on any atom is 0.319 e. The van der Waals surface area contributed by atoms with Gasteiger partial charge in [-0.2, -0.15) is 0 Å². The van der Waals surface area contributed by atoms with Crippen LogP contribution in [0, 0.1) is 10.1 Å². The van der Waals surface area contributed by atoms with Crippen molar-refractivity contribution in [3.05, 3.63) is 70.3 Å². The minimum absolute atomic E-state index is 0.112. The van der Waals surface area contributed by atoms with Gasteiger partial charge in [0.15, 0.2) is 0 Å². The molecule has 1 fully saturated rings. The molecule has 2 aromatic rings. The predicted molar refractivity (Wildman–Crippen MR) is 100.0 cm³/mol. The van der Waals surface area contributed by atoms with Crippen LogP contribution in [0.25, 0.3) is 0 Å². The van der Waals surface area contributed by atoms with E-state index in [1.54, 1.807) is 12.1 Å². The van der Waals surface area contributed by atoms with Crippen molar-refractivity contribution in [3.8, 4) is 0 Å². The number of amides is 2. The molecule has 0 aliphatic carbocycles. The van der Waals surface area contributed by atoms with E-state index in [1.165, 1.54) is 12.1 Å². The number of para-hydroxylation sites is 1. The number of carbonyl (C=O) groups is 1. The van der Waals surface area contributed by atoms with Gasteiger partial charge in [0.1, 0.15) is 0 Å². The molecule has 2 amide bonds. The minimum Gasteiger partial charge on any atom is -0.335 e. The molecule has 7 heteroatoms. The number of likely N-dealkylation sites (tertiary alicyclic amines) is 1. The van der Waals surface area contributed by atoms with Crippen molar-refractivity contribution >= 4 is 17.4 Å². The average molecular weight is 354 g/mol. The van der Waals surface area contributed by atoms with E-state index in [1.807, 2.05) is 30.3 Å². The fourth-order valence-electron chi connectivity index (χ4n) is 3.09. The molecule has 26 heavy (non-hydrogen) atoms. The molecule has 1 saturated heterocycles. The number of hydrogen-bond donors (Lipinski definition) is 2. The second kappa shape index (κ2) is 8.44. The smallest absolute Gasteiger partial charge is 0.319 e. The van der Waals surface area contributed by atoms with Crippen LogP contribution in [0.15, 0.2) is 54.6 Å². The molecule has 0 saturated carbocycles. The highest BCUT2D eigenvalue weighted by Crippen LogP contribution is 2.17. The van der Waals surface area contributed by atoms with Gasteiger partial charge >= 0.3 is 6.03 Å². The molecule has 3 rings (SSSR count). The first kappa shape index (κ1) is 17.9. The first-order valence-corrected chi connectivity index (χ1v) is 8.68. The van der Waals surface area contributed by atoms with E-state index < -0.39 is 0 Å². The number of carbonyl (C=O) groups excluding carboxylic acids is 1. The molecule has 0 bridgehead atoms. The Labute approximate surface area is 152 Å². The number of non-ortho nitro benzene ring substituents is 1. The summed E-state index contributed by atoms with van der Waals surface area (Å²) in [5.74, 6) is 0. The largest absolute Gasteiger partial charge is 0.335 e. The van der Waals surface area contributed by atoms with Crippen molar-refractivity contribution in [1.29, 1.82) is 0 Å². The number of benzene rings is 2. The molecule has 0 atom stereocenters. The van der Waals surface area contributed by atoms with Crippen LogP contribution in [0.2, 0.25) is 0 Å². The minimum atomic E-state index is -0.387. The van der Waals surface area contributed by atoms with E-state index in [0.29, 0.717) is 0 Å². The standard InChI is InChI=1S/C19H22N4O3/c24-19(20-16-4-2-1-3-5-16)21-17-10-12-22(13-11-17)14-15-6-8-18(9-7-15)23(25)26/h1-9,17H,10-14H2,(H2,20,21,24). The van der Waals surface area contributed by atoms with Crippen LogP contribution in [0.1, 0.15) is 18.4 Å². The summed E-state index contributed by atoms with van der Waals surface area (Å²) >= 11 is 0. The average Bonchev–Trinajstić information content (AvgIpc) is 2.64. The van der Waals surface area contributed by atoms with Crippen LogP contribution < -0.4 is 10.6 Å². The third-order valence-corrected chi connectivity index (χ3v) is 4.51. The molecular weight excluding hydrogens is 332 g/mol. The molecule has 0 spiro atoms. The van der Waals surface area contributed by atoms with Gasteiger partial charge in [0, 0.05) is 43.5 Å². The predicted octanol–water partition coefficient (Wildman–Crippen LogP) is 3.38. The molecular formula is C19H22N4O3. The number of nitro groups is 1. The third kappa shape index (κ3) is 5.03. The van der Waals surface area contributed by atoms with Gasteiger partial charge in [-0.3, -0.25) is 15.0 Å². The lowest BCUT2D eigenvalue weighted by Gasteiger charge is -2.32. The Kier molecular flexibility index (Phi) is 5.80. The molecule has 136 valence electrons.